The van der Waals surface area contributed by atoms with E-state index in [0.717, 1.165) is 45.3 Å². The normalized spacial score (nSPS) is 16.1. The van der Waals surface area contributed by atoms with Crippen LogP contribution >= 0.6 is 0 Å². The summed E-state index contributed by atoms with van der Waals surface area (Å²) >= 11 is 0. The Hall–Kier alpha value is -0.410. The third-order valence-electron chi connectivity index (χ3n) is 2.87. The zero-order valence-corrected chi connectivity index (χ0v) is 13.3. The fourth-order valence-electron chi connectivity index (χ4n) is 1.92. The maximum atomic E-state index is 10.7. The van der Waals surface area contributed by atoms with Crippen LogP contribution in [0, 0.1) is 0 Å². The first-order valence-electron chi connectivity index (χ1n) is 7.47. The van der Waals surface area contributed by atoms with Crippen molar-refractivity contribution in [1.29, 1.82) is 0 Å². The second-order valence-electron chi connectivity index (χ2n) is 4.08. The van der Waals surface area contributed by atoms with Crippen molar-refractivity contribution in [3.63, 3.8) is 0 Å². The number of methoxy groups -OCH3 is 1. The Balaban J connectivity index is 0. The molecule has 3 nitrogen and oxygen atoms in total. The molecule has 0 amide bonds. The van der Waals surface area contributed by atoms with Crippen molar-refractivity contribution in [1.82, 2.24) is 4.90 Å². The standard InChI is InChI=1S/C11H21NO2.2C2H6/c1-10(13)4-3-7-12-8-5-11(14-2)6-9-12;2*1-2/h11H,3-9H2,1-2H3;2*1-2H3. The summed E-state index contributed by atoms with van der Waals surface area (Å²) in [4.78, 5) is 13.2. The molecule has 0 N–H and O–H groups in total. The van der Waals surface area contributed by atoms with Gasteiger partial charge in [0.25, 0.3) is 0 Å². The molecule has 18 heavy (non-hydrogen) atoms. The van der Waals surface area contributed by atoms with Crippen molar-refractivity contribution in [3.8, 4) is 0 Å². The second kappa shape index (κ2) is 14.7. The highest BCUT2D eigenvalue weighted by Crippen LogP contribution is 2.13. The van der Waals surface area contributed by atoms with Gasteiger partial charge in [-0.2, -0.15) is 0 Å². The van der Waals surface area contributed by atoms with E-state index >= 15 is 0 Å². The molecule has 0 spiro atoms. The molecule has 110 valence electrons. The number of Topliss-reactive ketones (excluding diaryl/α,β-unsaturated/α-hetero) is 1. The Kier molecular flexibility index (Phi) is 16.2. The quantitative estimate of drug-likeness (QED) is 0.756. The van der Waals surface area contributed by atoms with Gasteiger partial charge < -0.3 is 14.4 Å². The molecule has 0 aromatic carbocycles. The number of carbonyl (C=O) groups excluding carboxylic acids is 1. The van der Waals surface area contributed by atoms with Crippen molar-refractivity contribution in [2.24, 2.45) is 0 Å². The molecule has 1 rings (SSSR count). The molecule has 1 heterocycles. The molecule has 0 aromatic rings. The fraction of sp³-hybridized carbons (Fsp3) is 0.933. The van der Waals surface area contributed by atoms with Gasteiger partial charge in [0.1, 0.15) is 5.78 Å². The van der Waals surface area contributed by atoms with Gasteiger partial charge in [0.15, 0.2) is 0 Å². The van der Waals surface area contributed by atoms with E-state index in [2.05, 4.69) is 4.90 Å². The molecular weight excluding hydrogens is 226 g/mol. The highest BCUT2D eigenvalue weighted by Gasteiger charge is 2.17. The maximum absolute atomic E-state index is 10.7. The number of piperidine rings is 1. The van der Waals surface area contributed by atoms with Crippen LogP contribution in [0.1, 0.15) is 60.3 Å². The average Bonchev–Trinajstić information content (AvgIpc) is 2.44. The number of ketones is 1. The number of hydrogen-bond donors (Lipinski definition) is 0. The lowest BCUT2D eigenvalue weighted by molar-refractivity contribution is -0.117. The minimum Gasteiger partial charge on any atom is -0.381 e. The van der Waals surface area contributed by atoms with Gasteiger partial charge >= 0.3 is 0 Å². The molecule has 0 saturated carbocycles. The van der Waals surface area contributed by atoms with Crippen LogP contribution in [0.5, 0.6) is 0 Å². The second-order valence-corrected chi connectivity index (χ2v) is 4.08. The van der Waals surface area contributed by atoms with Crippen molar-refractivity contribution in [3.05, 3.63) is 0 Å². The van der Waals surface area contributed by atoms with Crippen LogP contribution in [-0.2, 0) is 9.53 Å². The van der Waals surface area contributed by atoms with Crippen molar-refractivity contribution in [2.75, 3.05) is 26.7 Å². The summed E-state index contributed by atoms with van der Waals surface area (Å²) in [7, 11) is 1.79. The van der Waals surface area contributed by atoms with E-state index in [-0.39, 0.29) is 0 Å². The molecule has 1 fully saturated rings. The number of ether oxygens (including phenoxy) is 1. The summed E-state index contributed by atoms with van der Waals surface area (Å²) in [6.07, 6.45) is 4.46. The van der Waals surface area contributed by atoms with Gasteiger partial charge in [-0.25, -0.2) is 0 Å². The molecule has 1 saturated heterocycles. The molecule has 0 atom stereocenters. The first-order chi connectivity index (χ1) is 8.72. The molecule has 3 heteroatoms. The number of hydrogen-bond acceptors (Lipinski definition) is 3. The lowest BCUT2D eigenvalue weighted by Crippen LogP contribution is -2.37. The third kappa shape index (κ3) is 10.7. The van der Waals surface area contributed by atoms with Crippen LogP contribution in [0.4, 0.5) is 0 Å². The Bertz CT molecular complexity index is 175. The van der Waals surface area contributed by atoms with E-state index < -0.39 is 0 Å². The largest absolute Gasteiger partial charge is 0.381 e. The Morgan fingerprint density at radius 2 is 1.67 bits per heavy atom. The fourth-order valence-corrected chi connectivity index (χ4v) is 1.92. The predicted molar refractivity (Wildman–Crippen MR) is 79.1 cm³/mol. The van der Waals surface area contributed by atoms with Crippen LogP contribution in [0.15, 0.2) is 0 Å². The summed E-state index contributed by atoms with van der Waals surface area (Å²) in [5.74, 6) is 0.303. The zero-order chi connectivity index (χ0) is 14.4. The van der Waals surface area contributed by atoms with E-state index in [9.17, 15) is 4.79 Å². The van der Waals surface area contributed by atoms with Gasteiger partial charge in [-0.15, -0.1) is 0 Å². The monoisotopic (exact) mass is 259 g/mol. The van der Waals surface area contributed by atoms with Gasteiger partial charge in [-0.05, 0) is 32.7 Å². The van der Waals surface area contributed by atoms with E-state index in [4.69, 9.17) is 4.74 Å². The summed E-state index contributed by atoms with van der Waals surface area (Å²) < 4.78 is 5.30. The van der Waals surface area contributed by atoms with Crippen LogP contribution in [0.2, 0.25) is 0 Å². The molecule has 0 radical (unpaired) electrons. The third-order valence-corrected chi connectivity index (χ3v) is 2.87. The Labute approximate surface area is 114 Å². The molecule has 0 unspecified atom stereocenters. The van der Waals surface area contributed by atoms with Gasteiger partial charge in [0.05, 0.1) is 6.10 Å². The Morgan fingerprint density at radius 3 is 2.06 bits per heavy atom. The van der Waals surface area contributed by atoms with Crippen molar-refractivity contribution in [2.45, 2.75) is 66.4 Å². The highest BCUT2D eigenvalue weighted by atomic mass is 16.5. The van der Waals surface area contributed by atoms with Crippen LogP contribution in [-0.4, -0.2) is 43.5 Å². The van der Waals surface area contributed by atoms with E-state index in [1.807, 2.05) is 27.7 Å². The van der Waals surface area contributed by atoms with Crippen molar-refractivity contribution < 1.29 is 9.53 Å². The lowest BCUT2D eigenvalue weighted by atomic mass is 10.1. The first kappa shape index (κ1) is 19.9. The van der Waals surface area contributed by atoms with Gasteiger partial charge in [0.2, 0.25) is 0 Å². The zero-order valence-electron chi connectivity index (χ0n) is 13.3. The molecule has 1 aliphatic rings. The smallest absolute Gasteiger partial charge is 0.129 e. The molecule has 0 bridgehead atoms. The minimum absolute atomic E-state index is 0.303. The van der Waals surface area contributed by atoms with Gasteiger partial charge in [0, 0.05) is 26.6 Å². The van der Waals surface area contributed by atoms with Gasteiger partial charge in [-0.1, -0.05) is 27.7 Å². The number of rotatable bonds is 5. The minimum atomic E-state index is 0.303. The number of nitrogens with zero attached hydrogens (tertiary/aromatic N) is 1. The molecule has 0 aliphatic carbocycles. The van der Waals surface area contributed by atoms with E-state index in [1.54, 1.807) is 14.0 Å². The number of likely N-dealkylation sites (tertiary alicyclic amines) is 1. The molecular formula is C15H33NO2. The van der Waals surface area contributed by atoms with Crippen LogP contribution < -0.4 is 0 Å². The summed E-state index contributed by atoms with van der Waals surface area (Å²) in [6.45, 7) is 13.0. The average molecular weight is 259 g/mol. The SMILES string of the molecule is CC.CC.COC1CCN(CCCC(C)=O)CC1. The summed E-state index contributed by atoms with van der Waals surface area (Å²) in [6, 6.07) is 0. The molecule has 1 aliphatic heterocycles. The van der Waals surface area contributed by atoms with E-state index in [1.165, 1.54) is 0 Å². The Morgan fingerprint density at radius 1 is 1.17 bits per heavy atom. The number of carbonyl (C=O) groups is 1. The molecule has 0 aromatic heterocycles. The summed E-state index contributed by atoms with van der Waals surface area (Å²) in [5, 5.41) is 0. The van der Waals surface area contributed by atoms with Crippen LogP contribution in [0.3, 0.4) is 0 Å². The maximum Gasteiger partial charge on any atom is 0.129 e. The summed E-state index contributed by atoms with van der Waals surface area (Å²) in [5.41, 5.74) is 0. The first-order valence-corrected chi connectivity index (χ1v) is 7.47. The topological polar surface area (TPSA) is 29.5 Å². The highest BCUT2D eigenvalue weighted by molar-refractivity contribution is 5.75. The predicted octanol–water partition coefficient (Wildman–Crippen LogP) is 3.52. The van der Waals surface area contributed by atoms with Gasteiger partial charge in [-0.3, -0.25) is 0 Å². The van der Waals surface area contributed by atoms with E-state index in [0.29, 0.717) is 11.9 Å². The van der Waals surface area contributed by atoms with Crippen LogP contribution in [0.25, 0.3) is 0 Å². The lowest BCUT2D eigenvalue weighted by Gasteiger charge is -2.30. The van der Waals surface area contributed by atoms with Crippen molar-refractivity contribution >= 4 is 5.78 Å².